The summed E-state index contributed by atoms with van der Waals surface area (Å²) in [6.07, 6.45) is -0.110. The minimum Gasteiger partial charge on any atom is -0.481 e. The second-order valence-electron chi connectivity index (χ2n) is 5.32. The van der Waals surface area contributed by atoms with Crippen LogP contribution in [0.1, 0.15) is 20.3 Å². The van der Waals surface area contributed by atoms with E-state index in [9.17, 15) is 9.90 Å². The van der Waals surface area contributed by atoms with Crippen molar-refractivity contribution < 1.29 is 19.7 Å². The van der Waals surface area contributed by atoms with Crippen molar-refractivity contribution in [3.05, 3.63) is 0 Å². The molecule has 0 spiro atoms. The van der Waals surface area contributed by atoms with E-state index in [1.807, 2.05) is 13.8 Å². The molecule has 1 aliphatic heterocycles. The first-order valence-electron chi connectivity index (χ1n) is 6.93. The largest absolute Gasteiger partial charge is 0.481 e. The van der Waals surface area contributed by atoms with E-state index in [0.29, 0.717) is 19.7 Å². The molecule has 19 heavy (non-hydrogen) atoms. The number of carboxylic acid groups (broad SMARTS) is 1. The van der Waals surface area contributed by atoms with Gasteiger partial charge in [0.1, 0.15) is 0 Å². The average Bonchev–Trinajstić information content (AvgIpc) is 2.35. The molecule has 0 aliphatic carbocycles. The lowest BCUT2D eigenvalue weighted by Gasteiger charge is -2.35. The number of hydrogen-bond donors (Lipinski definition) is 2. The van der Waals surface area contributed by atoms with Crippen LogP contribution >= 0.6 is 0 Å². The number of piperazine rings is 1. The molecule has 1 aliphatic rings. The molecular formula is C13H26N2O4. The predicted octanol–water partition coefficient (Wildman–Crippen LogP) is -0.135. The summed E-state index contributed by atoms with van der Waals surface area (Å²) in [5, 5.41) is 18.5. The van der Waals surface area contributed by atoms with E-state index in [-0.39, 0.29) is 12.5 Å². The highest BCUT2D eigenvalue weighted by Gasteiger charge is 2.19. The van der Waals surface area contributed by atoms with E-state index in [2.05, 4.69) is 9.80 Å². The average molecular weight is 274 g/mol. The first-order chi connectivity index (χ1) is 8.97. The summed E-state index contributed by atoms with van der Waals surface area (Å²) in [4.78, 5) is 14.8. The van der Waals surface area contributed by atoms with Gasteiger partial charge in [0.2, 0.25) is 0 Å². The summed E-state index contributed by atoms with van der Waals surface area (Å²) in [5.41, 5.74) is 0. The smallest absolute Gasteiger partial charge is 0.304 e. The molecule has 0 aromatic heterocycles. The predicted molar refractivity (Wildman–Crippen MR) is 72.2 cm³/mol. The van der Waals surface area contributed by atoms with Gasteiger partial charge in [0.25, 0.3) is 0 Å². The van der Waals surface area contributed by atoms with E-state index in [0.717, 1.165) is 26.2 Å². The highest BCUT2D eigenvalue weighted by atomic mass is 16.5. The summed E-state index contributed by atoms with van der Waals surface area (Å²) in [7, 11) is 0. The minimum absolute atomic E-state index is 0.141. The number of β-amino-alcohol motifs (C(OH)–C–C–N with tert-alkyl or cyclic N) is 1. The SMILES string of the molecule is CC(C)OCC(O)CN1CCN(CCC(=O)O)CC1. The first-order valence-corrected chi connectivity index (χ1v) is 6.93. The van der Waals surface area contributed by atoms with Crippen LogP contribution in [0.2, 0.25) is 0 Å². The number of ether oxygens (including phenoxy) is 1. The Morgan fingerprint density at radius 2 is 1.79 bits per heavy atom. The number of aliphatic hydroxyl groups is 1. The molecule has 0 amide bonds. The molecule has 0 aromatic carbocycles. The third-order valence-electron chi connectivity index (χ3n) is 3.20. The highest BCUT2D eigenvalue weighted by Crippen LogP contribution is 2.04. The van der Waals surface area contributed by atoms with Crippen LogP contribution < -0.4 is 0 Å². The van der Waals surface area contributed by atoms with Gasteiger partial charge in [-0.1, -0.05) is 0 Å². The van der Waals surface area contributed by atoms with E-state index in [1.165, 1.54) is 0 Å². The fraction of sp³-hybridized carbons (Fsp3) is 0.923. The molecule has 0 bridgehead atoms. The molecule has 1 unspecified atom stereocenters. The van der Waals surface area contributed by atoms with Crippen LogP contribution in [-0.2, 0) is 9.53 Å². The number of carbonyl (C=O) groups is 1. The van der Waals surface area contributed by atoms with Gasteiger partial charge in [-0.2, -0.15) is 0 Å². The maximum Gasteiger partial charge on any atom is 0.304 e. The molecule has 112 valence electrons. The fourth-order valence-electron chi connectivity index (χ4n) is 2.10. The third kappa shape index (κ3) is 7.47. The van der Waals surface area contributed by atoms with Gasteiger partial charge in [-0.05, 0) is 13.8 Å². The van der Waals surface area contributed by atoms with Crippen LogP contribution in [-0.4, -0.2) is 84.1 Å². The monoisotopic (exact) mass is 274 g/mol. The highest BCUT2D eigenvalue weighted by molar-refractivity contribution is 5.66. The van der Waals surface area contributed by atoms with Crippen molar-refractivity contribution in [1.82, 2.24) is 9.80 Å². The molecular weight excluding hydrogens is 248 g/mol. The summed E-state index contributed by atoms with van der Waals surface area (Å²) >= 11 is 0. The molecule has 6 heteroatoms. The van der Waals surface area contributed by atoms with Crippen molar-refractivity contribution in [1.29, 1.82) is 0 Å². The van der Waals surface area contributed by atoms with E-state index >= 15 is 0 Å². The maximum absolute atomic E-state index is 10.5. The number of aliphatic carboxylic acids is 1. The Labute approximate surface area is 114 Å². The number of aliphatic hydroxyl groups excluding tert-OH is 1. The van der Waals surface area contributed by atoms with Crippen molar-refractivity contribution in [2.24, 2.45) is 0 Å². The van der Waals surface area contributed by atoms with Crippen molar-refractivity contribution in [3.8, 4) is 0 Å². The second kappa shape index (κ2) is 8.47. The Morgan fingerprint density at radius 3 is 2.32 bits per heavy atom. The van der Waals surface area contributed by atoms with Crippen molar-refractivity contribution in [3.63, 3.8) is 0 Å². The van der Waals surface area contributed by atoms with Crippen LogP contribution in [0, 0.1) is 0 Å². The number of hydrogen-bond acceptors (Lipinski definition) is 5. The lowest BCUT2D eigenvalue weighted by Crippen LogP contribution is -2.49. The Hall–Kier alpha value is -0.690. The van der Waals surface area contributed by atoms with Crippen molar-refractivity contribution in [2.45, 2.75) is 32.5 Å². The van der Waals surface area contributed by atoms with Gasteiger partial charge in [0.05, 0.1) is 25.2 Å². The van der Waals surface area contributed by atoms with Gasteiger partial charge < -0.3 is 19.8 Å². The molecule has 0 saturated carbocycles. The van der Waals surface area contributed by atoms with Gasteiger partial charge in [0, 0.05) is 39.3 Å². The minimum atomic E-state index is -0.747. The Morgan fingerprint density at radius 1 is 1.21 bits per heavy atom. The van der Waals surface area contributed by atoms with Gasteiger partial charge >= 0.3 is 5.97 Å². The standard InChI is InChI=1S/C13H26N2O4/c1-11(2)19-10-12(16)9-15-7-5-14(6-8-15)4-3-13(17)18/h11-12,16H,3-10H2,1-2H3,(H,17,18). The second-order valence-corrected chi connectivity index (χ2v) is 5.32. The molecule has 1 fully saturated rings. The molecule has 1 heterocycles. The molecule has 0 aromatic rings. The molecule has 6 nitrogen and oxygen atoms in total. The van der Waals surface area contributed by atoms with Gasteiger partial charge in [0.15, 0.2) is 0 Å². The van der Waals surface area contributed by atoms with E-state index < -0.39 is 12.1 Å². The zero-order chi connectivity index (χ0) is 14.3. The molecule has 1 saturated heterocycles. The lowest BCUT2D eigenvalue weighted by atomic mass is 10.2. The normalized spacial score (nSPS) is 19.8. The topological polar surface area (TPSA) is 73.2 Å². The van der Waals surface area contributed by atoms with Crippen LogP contribution in [0.25, 0.3) is 0 Å². The van der Waals surface area contributed by atoms with E-state index in [4.69, 9.17) is 9.84 Å². The summed E-state index contributed by atoms with van der Waals surface area (Å²) in [5.74, 6) is -0.747. The molecule has 1 rings (SSSR count). The van der Waals surface area contributed by atoms with Crippen molar-refractivity contribution in [2.75, 3.05) is 45.9 Å². The van der Waals surface area contributed by atoms with Crippen LogP contribution in [0.3, 0.4) is 0 Å². The first kappa shape index (κ1) is 16.4. The Balaban J connectivity index is 2.13. The zero-order valence-electron chi connectivity index (χ0n) is 11.9. The number of rotatable bonds is 8. The summed E-state index contributed by atoms with van der Waals surface area (Å²) in [6.45, 7) is 8.99. The Kier molecular flexibility index (Phi) is 7.30. The number of carboxylic acids is 1. The van der Waals surface area contributed by atoms with Crippen LogP contribution in [0.5, 0.6) is 0 Å². The quantitative estimate of drug-likeness (QED) is 0.642. The molecule has 1 atom stereocenters. The Bertz CT molecular complexity index is 265. The zero-order valence-corrected chi connectivity index (χ0v) is 11.9. The summed E-state index contributed by atoms with van der Waals surface area (Å²) < 4.78 is 5.38. The van der Waals surface area contributed by atoms with Gasteiger partial charge in [-0.15, -0.1) is 0 Å². The lowest BCUT2D eigenvalue weighted by molar-refractivity contribution is -0.137. The van der Waals surface area contributed by atoms with Crippen LogP contribution in [0.4, 0.5) is 0 Å². The van der Waals surface area contributed by atoms with Gasteiger partial charge in [-0.3, -0.25) is 9.69 Å². The maximum atomic E-state index is 10.5. The van der Waals surface area contributed by atoms with Crippen LogP contribution in [0.15, 0.2) is 0 Å². The molecule has 2 N–H and O–H groups in total. The van der Waals surface area contributed by atoms with Crippen molar-refractivity contribution >= 4 is 5.97 Å². The fourth-order valence-corrected chi connectivity index (χ4v) is 2.10. The summed E-state index contributed by atoms with van der Waals surface area (Å²) in [6, 6.07) is 0. The molecule has 0 radical (unpaired) electrons. The number of nitrogens with zero attached hydrogens (tertiary/aromatic N) is 2. The third-order valence-corrected chi connectivity index (χ3v) is 3.20. The van der Waals surface area contributed by atoms with Gasteiger partial charge in [-0.25, -0.2) is 0 Å². The van der Waals surface area contributed by atoms with E-state index in [1.54, 1.807) is 0 Å².